The summed E-state index contributed by atoms with van der Waals surface area (Å²) in [6.45, 7) is 4.23. The van der Waals surface area contributed by atoms with Crippen LogP contribution in [0.2, 0.25) is 0 Å². The van der Waals surface area contributed by atoms with Crippen LogP contribution in [-0.2, 0) is 28.8 Å². The van der Waals surface area contributed by atoms with Gasteiger partial charge in [0.1, 0.15) is 17.3 Å². The van der Waals surface area contributed by atoms with Gasteiger partial charge in [0.05, 0.1) is 12.3 Å². The summed E-state index contributed by atoms with van der Waals surface area (Å²) < 4.78 is 6.78. The second kappa shape index (κ2) is 8.46. The lowest BCUT2D eigenvalue weighted by atomic mass is 10.2. The highest BCUT2D eigenvalue weighted by molar-refractivity contribution is 7.98. The van der Waals surface area contributed by atoms with Gasteiger partial charge in [-0.25, -0.2) is 4.98 Å². The molecule has 136 valence electrons. The van der Waals surface area contributed by atoms with Crippen molar-refractivity contribution in [2.24, 2.45) is 7.05 Å². The second-order valence-corrected chi connectivity index (χ2v) is 7.54. The van der Waals surface area contributed by atoms with E-state index < -0.39 is 0 Å². The fraction of sp³-hybridized carbons (Fsp3) is 0.333. The average molecular weight is 389 g/mol. The number of thioether (sulfide) groups is 1. The molecule has 0 atom stereocenters. The molecule has 0 radical (unpaired) electrons. The van der Waals surface area contributed by atoms with Crippen LogP contribution in [0.25, 0.3) is 10.6 Å². The molecule has 2 heterocycles. The number of aromatic nitrogens is 4. The van der Waals surface area contributed by atoms with E-state index in [0.717, 1.165) is 21.4 Å². The van der Waals surface area contributed by atoms with Crippen molar-refractivity contribution < 1.29 is 9.53 Å². The van der Waals surface area contributed by atoms with E-state index in [1.54, 1.807) is 30.0 Å². The molecule has 0 unspecified atom stereocenters. The van der Waals surface area contributed by atoms with Crippen molar-refractivity contribution in [3.8, 4) is 10.6 Å². The lowest BCUT2D eigenvalue weighted by Gasteiger charge is -2.03. The molecule has 0 amide bonds. The molecule has 26 heavy (non-hydrogen) atoms. The van der Waals surface area contributed by atoms with Crippen LogP contribution in [0.3, 0.4) is 0 Å². The lowest BCUT2D eigenvalue weighted by Crippen LogP contribution is -2.11. The van der Waals surface area contributed by atoms with Crippen LogP contribution >= 0.6 is 23.1 Å². The van der Waals surface area contributed by atoms with Crippen molar-refractivity contribution in [3.05, 3.63) is 46.7 Å². The first-order chi connectivity index (χ1) is 12.6. The Balaban J connectivity index is 1.62. The molecular weight excluding hydrogens is 368 g/mol. The number of carbonyl (C=O) groups is 1. The number of aryl methyl sites for hydroxylation is 1. The number of carbonyl (C=O) groups excluding carboxylic acids is 1. The standard InChI is InChI=1S/C18H20N4O2S2/c1-4-24-16(23)9-15-20-21-18(22(15)3)26-11-14-10-25-17(19-14)13-7-5-12(2)6-8-13/h5-8,10H,4,9,11H2,1-3H3. The minimum Gasteiger partial charge on any atom is -0.466 e. The van der Waals surface area contributed by atoms with Crippen molar-refractivity contribution in [1.29, 1.82) is 0 Å². The van der Waals surface area contributed by atoms with Gasteiger partial charge >= 0.3 is 5.97 Å². The third kappa shape index (κ3) is 4.50. The van der Waals surface area contributed by atoms with Crippen LogP contribution in [0.1, 0.15) is 24.0 Å². The predicted octanol–water partition coefficient (Wildman–Crippen LogP) is 3.64. The number of esters is 1. The number of thiazole rings is 1. The van der Waals surface area contributed by atoms with Crippen molar-refractivity contribution in [2.75, 3.05) is 6.61 Å². The van der Waals surface area contributed by atoms with Gasteiger partial charge in [-0.05, 0) is 13.8 Å². The van der Waals surface area contributed by atoms with Gasteiger partial charge in [0, 0.05) is 23.7 Å². The normalized spacial score (nSPS) is 10.9. The molecule has 3 rings (SSSR count). The first-order valence-electron chi connectivity index (χ1n) is 8.25. The Morgan fingerprint density at radius 3 is 2.77 bits per heavy atom. The Kier molecular flexibility index (Phi) is 6.05. The molecule has 0 aliphatic rings. The van der Waals surface area contributed by atoms with Gasteiger partial charge in [-0.3, -0.25) is 4.79 Å². The highest BCUT2D eigenvalue weighted by atomic mass is 32.2. The molecule has 0 saturated heterocycles. The molecule has 0 N–H and O–H groups in total. The zero-order chi connectivity index (χ0) is 18.5. The molecule has 0 aliphatic carbocycles. The van der Waals surface area contributed by atoms with E-state index in [0.29, 0.717) is 18.2 Å². The lowest BCUT2D eigenvalue weighted by molar-refractivity contribution is -0.142. The molecule has 0 bridgehead atoms. The van der Waals surface area contributed by atoms with Crippen molar-refractivity contribution >= 4 is 29.1 Å². The number of rotatable bonds is 7. The maximum atomic E-state index is 11.6. The average Bonchev–Trinajstić information content (AvgIpc) is 3.22. The van der Waals surface area contributed by atoms with E-state index in [1.807, 2.05) is 11.6 Å². The summed E-state index contributed by atoms with van der Waals surface area (Å²) in [5.41, 5.74) is 3.37. The Bertz CT molecular complexity index is 887. The summed E-state index contributed by atoms with van der Waals surface area (Å²) in [5.74, 6) is 1.01. The summed E-state index contributed by atoms with van der Waals surface area (Å²) in [6, 6.07) is 8.37. The smallest absolute Gasteiger partial charge is 0.313 e. The van der Waals surface area contributed by atoms with Gasteiger partial charge in [0.25, 0.3) is 0 Å². The van der Waals surface area contributed by atoms with Crippen LogP contribution in [0.15, 0.2) is 34.8 Å². The molecule has 6 nitrogen and oxygen atoms in total. The molecule has 0 aliphatic heterocycles. The third-order valence-corrected chi connectivity index (χ3v) is 5.73. The van der Waals surface area contributed by atoms with E-state index in [2.05, 4.69) is 46.8 Å². The highest BCUT2D eigenvalue weighted by Crippen LogP contribution is 2.27. The monoisotopic (exact) mass is 388 g/mol. The van der Waals surface area contributed by atoms with Gasteiger partial charge in [0.15, 0.2) is 5.16 Å². The highest BCUT2D eigenvalue weighted by Gasteiger charge is 2.14. The van der Waals surface area contributed by atoms with Gasteiger partial charge in [0.2, 0.25) is 0 Å². The maximum absolute atomic E-state index is 11.6. The van der Waals surface area contributed by atoms with E-state index in [-0.39, 0.29) is 12.4 Å². The first-order valence-corrected chi connectivity index (χ1v) is 10.1. The summed E-state index contributed by atoms with van der Waals surface area (Å²) >= 11 is 3.19. The van der Waals surface area contributed by atoms with Gasteiger partial charge < -0.3 is 9.30 Å². The number of hydrogen-bond donors (Lipinski definition) is 0. The summed E-state index contributed by atoms with van der Waals surface area (Å²) in [4.78, 5) is 16.3. The summed E-state index contributed by atoms with van der Waals surface area (Å²) in [7, 11) is 1.86. The Labute approximate surface area is 160 Å². The van der Waals surface area contributed by atoms with Gasteiger partial charge in [-0.15, -0.1) is 21.5 Å². The summed E-state index contributed by atoms with van der Waals surface area (Å²) in [6.07, 6.45) is 0.131. The molecule has 3 aromatic rings. The van der Waals surface area contributed by atoms with Crippen LogP contribution in [0, 0.1) is 6.92 Å². The minimum absolute atomic E-state index is 0.131. The molecule has 0 saturated carbocycles. The zero-order valence-electron chi connectivity index (χ0n) is 14.9. The third-order valence-electron chi connectivity index (χ3n) is 3.73. The topological polar surface area (TPSA) is 69.9 Å². The van der Waals surface area contributed by atoms with E-state index in [9.17, 15) is 4.79 Å². The molecule has 8 heteroatoms. The van der Waals surface area contributed by atoms with Crippen molar-refractivity contribution in [3.63, 3.8) is 0 Å². The Morgan fingerprint density at radius 1 is 1.27 bits per heavy atom. The van der Waals surface area contributed by atoms with Gasteiger partial charge in [-0.1, -0.05) is 41.6 Å². The van der Waals surface area contributed by atoms with E-state index >= 15 is 0 Å². The van der Waals surface area contributed by atoms with E-state index in [1.165, 1.54) is 5.56 Å². The number of ether oxygens (including phenoxy) is 1. The van der Waals surface area contributed by atoms with Crippen LogP contribution in [0.5, 0.6) is 0 Å². The SMILES string of the molecule is CCOC(=O)Cc1nnc(SCc2csc(-c3ccc(C)cc3)n2)n1C. The summed E-state index contributed by atoms with van der Waals surface area (Å²) in [5, 5.41) is 12.1. The fourth-order valence-corrected chi connectivity index (χ4v) is 4.06. The zero-order valence-corrected chi connectivity index (χ0v) is 16.6. The van der Waals surface area contributed by atoms with Gasteiger partial charge in [-0.2, -0.15) is 0 Å². The number of hydrogen-bond acceptors (Lipinski definition) is 7. The molecular formula is C18H20N4O2S2. The predicted molar refractivity (Wildman–Crippen MR) is 103 cm³/mol. The van der Waals surface area contributed by atoms with Crippen LogP contribution in [0.4, 0.5) is 0 Å². The number of nitrogens with zero attached hydrogens (tertiary/aromatic N) is 4. The fourth-order valence-electron chi connectivity index (χ4n) is 2.31. The van der Waals surface area contributed by atoms with Crippen molar-refractivity contribution in [1.82, 2.24) is 19.7 Å². The Morgan fingerprint density at radius 2 is 2.04 bits per heavy atom. The van der Waals surface area contributed by atoms with Crippen LogP contribution in [-0.4, -0.2) is 32.3 Å². The first kappa shape index (κ1) is 18.6. The van der Waals surface area contributed by atoms with E-state index in [4.69, 9.17) is 9.72 Å². The number of benzene rings is 1. The van der Waals surface area contributed by atoms with Crippen LogP contribution < -0.4 is 0 Å². The molecule has 1 aromatic carbocycles. The molecule has 0 spiro atoms. The Hall–Kier alpha value is -2.19. The van der Waals surface area contributed by atoms with Crippen molar-refractivity contribution in [2.45, 2.75) is 31.2 Å². The second-order valence-electron chi connectivity index (χ2n) is 5.74. The largest absolute Gasteiger partial charge is 0.466 e. The minimum atomic E-state index is -0.290. The molecule has 0 fully saturated rings. The maximum Gasteiger partial charge on any atom is 0.313 e. The molecule has 2 aromatic heterocycles. The quantitative estimate of drug-likeness (QED) is 0.455.